The summed E-state index contributed by atoms with van der Waals surface area (Å²) in [7, 11) is 0. The zero-order chi connectivity index (χ0) is 35.3. The molecule has 2 aliphatic heterocycles. The van der Waals surface area contributed by atoms with Crippen molar-refractivity contribution in [1.82, 2.24) is 26.0 Å². The first-order valence-corrected chi connectivity index (χ1v) is 17.5. The summed E-state index contributed by atoms with van der Waals surface area (Å²) >= 11 is 0. The van der Waals surface area contributed by atoms with Gasteiger partial charge in [0.15, 0.2) is 17.2 Å². The minimum atomic E-state index is -1.05. The summed E-state index contributed by atoms with van der Waals surface area (Å²) in [6, 6.07) is 18.6. The Bertz CT molecular complexity index is 1650. The van der Waals surface area contributed by atoms with Gasteiger partial charge in [0.25, 0.3) is 5.91 Å². The fraction of sp³-hybridized carbons (Fsp3) is 0.500. The molecule has 5 atom stereocenters. The van der Waals surface area contributed by atoms with E-state index in [9.17, 15) is 19.2 Å². The molecule has 3 heterocycles. The largest absolute Gasteiger partial charge is 0.379 e. The molecule has 3 amide bonds. The number of hydrogen-bond donors (Lipinski definition) is 3. The lowest BCUT2D eigenvalue weighted by Gasteiger charge is -2.27. The molecule has 3 N–H and O–H groups in total. The van der Waals surface area contributed by atoms with Crippen molar-refractivity contribution in [3.05, 3.63) is 89.3 Å². The van der Waals surface area contributed by atoms with Gasteiger partial charge in [0.1, 0.15) is 23.2 Å². The number of morpholine rings is 1. The van der Waals surface area contributed by atoms with Gasteiger partial charge in [-0.2, -0.15) is 0 Å². The van der Waals surface area contributed by atoms with Gasteiger partial charge >= 0.3 is 0 Å². The quantitative estimate of drug-likeness (QED) is 0.193. The van der Waals surface area contributed by atoms with Gasteiger partial charge in [-0.3, -0.25) is 24.1 Å². The number of nitrogens with one attached hydrogen (secondary N) is 3. The molecule has 0 radical (unpaired) electrons. The van der Waals surface area contributed by atoms with E-state index in [0.717, 1.165) is 24.2 Å². The lowest BCUT2D eigenvalue weighted by Crippen LogP contribution is -2.59. The molecule has 1 aromatic heterocycles. The number of ether oxygens (including phenoxy) is 2. The first-order chi connectivity index (χ1) is 24.1. The molecular weight excluding hydrogens is 638 g/mol. The number of hydrogen-bond acceptors (Lipinski definition) is 9. The van der Waals surface area contributed by atoms with Crippen molar-refractivity contribution in [3.63, 3.8) is 0 Å². The third-order valence-corrected chi connectivity index (χ3v) is 10.0. The second-order valence-electron chi connectivity index (χ2n) is 14.2. The number of benzene rings is 2. The number of carbonyl (C=O) groups excluding carboxylic acids is 4. The van der Waals surface area contributed by atoms with Crippen molar-refractivity contribution in [2.75, 3.05) is 32.9 Å². The Balaban J connectivity index is 1.20. The highest BCUT2D eigenvalue weighted by atomic mass is 16.6. The second kappa shape index (κ2) is 15.2. The van der Waals surface area contributed by atoms with Crippen LogP contribution in [0.15, 0.2) is 71.3 Å². The average molecular weight is 686 g/mol. The number of rotatable bonds is 16. The summed E-state index contributed by atoms with van der Waals surface area (Å²) in [5, 5.41) is 12.8. The highest BCUT2D eigenvalue weighted by molar-refractivity contribution is 6.04. The lowest BCUT2D eigenvalue weighted by molar-refractivity contribution is -0.134. The molecule has 6 rings (SSSR count). The van der Waals surface area contributed by atoms with Gasteiger partial charge in [-0.1, -0.05) is 79.7 Å². The Morgan fingerprint density at radius 2 is 1.58 bits per heavy atom. The van der Waals surface area contributed by atoms with Crippen LogP contribution in [0, 0.1) is 11.8 Å². The van der Waals surface area contributed by atoms with Crippen LogP contribution in [0.5, 0.6) is 0 Å². The molecule has 12 nitrogen and oxygen atoms in total. The van der Waals surface area contributed by atoms with Gasteiger partial charge in [0, 0.05) is 25.6 Å². The zero-order valence-electron chi connectivity index (χ0n) is 29.0. The van der Waals surface area contributed by atoms with Gasteiger partial charge in [0.05, 0.1) is 26.4 Å². The number of epoxide rings is 1. The van der Waals surface area contributed by atoms with Crippen molar-refractivity contribution < 1.29 is 33.2 Å². The summed E-state index contributed by atoms with van der Waals surface area (Å²) in [5.41, 5.74) is -0.0676. The van der Waals surface area contributed by atoms with E-state index in [4.69, 9.17) is 14.0 Å². The van der Waals surface area contributed by atoms with Gasteiger partial charge in [-0.15, -0.1) is 0 Å². The van der Waals surface area contributed by atoms with Crippen LogP contribution < -0.4 is 16.0 Å². The number of aryl methyl sites for hydroxylation is 1. The van der Waals surface area contributed by atoms with Crippen LogP contribution in [0.25, 0.3) is 0 Å². The Morgan fingerprint density at radius 1 is 0.920 bits per heavy atom. The van der Waals surface area contributed by atoms with Crippen LogP contribution in [-0.4, -0.2) is 89.7 Å². The lowest BCUT2D eigenvalue weighted by atomic mass is 9.92. The Kier molecular flexibility index (Phi) is 10.8. The van der Waals surface area contributed by atoms with Gasteiger partial charge in [0.2, 0.25) is 11.8 Å². The minimum absolute atomic E-state index is 0.0402. The molecule has 2 saturated heterocycles. The zero-order valence-corrected chi connectivity index (χ0v) is 29.0. The molecule has 266 valence electrons. The van der Waals surface area contributed by atoms with Crippen molar-refractivity contribution >= 4 is 23.5 Å². The Hall–Kier alpha value is -4.39. The summed E-state index contributed by atoms with van der Waals surface area (Å²) in [5.74, 6) is -1.00. The van der Waals surface area contributed by atoms with Crippen molar-refractivity contribution in [2.45, 2.75) is 76.2 Å². The van der Waals surface area contributed by atoms with Gasteiger partial charge < -0.3 is 29.9 Å². The second-order valence-corrected chi connectivity index (χ2v) is 14.2. The molecule has 2 aromatic carbocycles. The normalized spacial score (nSPS) is 24.2. The molecule has 1 saturated carbocycles. The molecule has 50 heavy (non-hydrogen) atoms. The maximum absolute atomic E-state index is 14.1. The number of nitrogens with zero attached hydrogens (tertiary/aromatic N) is 2. The number of carbonyl (C=O) groups is 4. The molecule has 3 aliphatic rings. The molecular formula is C38H47N5O7. The van der Waals surface area contributed by atoms with E-state index < -0.39 is 40.9 Å². The van der Waals surface area contributed by atoms with Gasteiger partial charge in [-0.25, -0.2) is 0 Å². The monoisotopic (exact) mass is 685 g/mol. The van der Waals surface area contributed by atoms with Crippen LogP contribution >= 0.6 is 0 Å². The van der Waals surface area contributed by atoms with E-state index in [1.54, 1.807) is 13.0 Å². The molecule has 2 unspecified atom stereocenters. The summed E-state index contributed by atoms with van der Waals surface area (Å²) < 4.78 is 16.4. The van der Waals surface area contributed by atoms with Crippen LogP contribution in [0.4, 0.5) is 0 Å². The van der Waals surface area contributed by atoms with Gasteiger partial charge in [-0.05, 0) is 49.1 Å². The van der Waals surface area contributed by atoms with E-state index in [1.807, 2.05) is 74.5 Å². The standard InChI is InChI=1S/C38H47N5O7/c1-25(2)29-22-38(29,36(47)37(3)24-49-37)41-35(46)31(20-27-12-8-5-9-13-27)40-33(44)30(15-14-26-10-6-4-7-11-26)39-34(45)32-21-28(50-42-32)23-43-16-18-48-19-17-43/h4-13,21,25,29-31H,14-20,22-24H2,1-3H3,(H,39,45)(H,40,44)(H,41,46)/t29-,30?,31-,37+,38?/m0/s1. The SMILES string of the molecule is CC(C)[C@@H]1CC1(NC(=O)[C@H](Cc1ccccc1)NC(=O)C(CCc1ccccc1)NC(=O)c1cc(CN2CCOCC2)on1)C(=O)[C@@]1(C)CO1. The topological polar surface area (TPSA) is 155 Å². The molecule has 0 spiro atoms. The fourth-order valence-corrected chi connectivity index (χ4v) is 6.83. The number of Topliss-reactive ketones (excluding diaryl/α,β-unsaturated/α-hetero) is 1. The fourth-order valence-electron chi connectivity index (χ4n) is 6.83. The van der Waals surface area contributed by atoms with Crippen LogP contribution in [0.1, 0.15) is 61.0 Å². The number of ketones is 1. The Labute approximate surface area is 292 Å². The smallest absolute Gasteiger partial charge is 0.274 e. The van der Waals surface area contributed by atoms with E-state index >= 15 is 0 Å². The predicted molar refractivity (Wildman–Crippen MR) is 184 cm³/mol. The molecule has 3 fully saturated rings. The van der Waals surface area contributed by atoms with E-state index in [1.165, 1.54) is 0 Å². The highest BCUT2D eigenvalue weighted by Crippen LogP contribution is 2.53. The molecule has 12 heteroatoms. The summed E-state index contributed by atoms with van der Waals surface area (Å²) in [4.78, 5) is 57.5. The first-order valence-electron chi connectivity index (χ1n) is 17.5. The average Bonchev–Trinajstić information content (AvgIpc) is 4.00. The van der Waals surface area contributed by atoms with E-state index in [2.05, 4.69) is 26.0 Å². The molecule has 0 bridgehead atoms. The van der Waals surface area contributed by atoms with Crippen LogP contribution in [0.2, 0.25) is 0 Å². The summed E-state index contributed by atoms with van der Waals surface area (Å²) in [6.07, 6.45) is 1.48. The van der Waals surface area contributed by atoms with E-state index in [0.29, 0.717) is 45.0 Å². The molecule has 3 aromatic rings. The van der Waals surface area contributed by atoms with Crippen molar-refractivity contribution in [3.8, 4) is 0 Å². The number of amides is 3. The predicted octanol–water partition coefficient (Wildman–Crippen LogP) is 2.85. The Morgan fingerprint density at radius 3 is 2.20 bits per heavy atom. The molecule has 1 aliphatic carbocycles. The third kappa shape index (κ3) is 8.48. The van der Waals surface area contributed by atoms with Crippen LogP contribution in [0.3, 0.4) is 0 Å². The highest BCUT2D eigenvalue weighted by Gasteiger charge is 2.68. The maximum atomic E-state index is 14.1. The van der Waals surface area contributed by atoms with Crippen molar-refractivity contribution in [1.29, 1.82) is 0 Å². The third-order valence-electron chi connectivity index (χ3n) is 10.0. The summed E-state index contributed by atoms with van der Waals surface area (Å²) in [6.45, 7) is 9.40. The van der Waals surface area contributed by atoms with E-state index in [-0.39, 0.29) is 36.2 Å². The minimum Gasteiger partial charge on any atom is -0.379 e. The van der Waals surface area contributed by atoms with Crippen LogP contribution in [-0.2, 0) is 43.2 Å². The maximum Gasteiger partial charge on any atom is 0.274 e. The first kappa shape index (κ1) is 35.4. The van der Waals surface area contributed by atoms with Crippen molar-refractivity contribution in [2.24, 2.45) is 11.8 Å². The number of aromatic nitrogens is 1.